The fourth-order valence-corrected chi connectivity index (χ4v) is 4.49. The topological polar surface area (TPSA) is 105 Å². The third-order valence-electron chi connectivity index (χ3n) is 6.30. The second-order valence-corrected chi connectivity index (χ2v) is 8.67. The molecule has 0 aliphatic carbocycles. The lowest BCUT2D eigenvalue weighted by molar-refractivity contribution is 0.122. The third-order valence-corrected chi connectivity index (χ3v) is 6.30. The molecule has 1 saturated heterocycles. The van der Waals surface area contributed by atoms with Gasteiger partial charge in [-0.15, -0.1) is 0 Å². The Hall–Kier alpha value is -3.37. The first kappa shape index (κ1) is 29.2. The number of pyridine rings is 1. The summed E-state index contributed by atoms with van der Waals surface area (Å²) >= 11 is 0. The molecule has 1 atom stereocenters. The Labute approximate surface area is 226 Å². The molecule has 1 aliphatic rings. The lowest BCUT2D eigenvalue weighted by atomic mass is 10.1. The smallest absolute Gasteiger partial charge is 0.229 e. The molecule has 10 heteroatoms. The molecule has 4 heterocycles. The van der Waals surface area contributed by atoms with Gasteiger partial charge in [0.25, 0.3) is 0 Å². The van der Waals surface area contributed by atoms with Crippen LogP contribution in [0.3, 0.4) is 0 Å². The van der Waals surface area contributed by atoms with Gasteiger partial charge in [-0.2, -0.15) is 9.97 Å². The number of morpholine rings is 1. The summed E-state index contributed by atoms with van der Waals surface area (Å²) in [6.07, 6.45) is 7.32. The van der Waals surface area contributed by atoms with Crippen molar-refractivity contribution < 1.29 is 9.84 Å². The van der Waals surface area contributed by atoms with Gasteiger partial charge in [-0.3, -0.25) is 9.98 Å². The highest BCUT2D eigenvalue weighted by Crippen LogP contribution is 2.31. The van der Waals surface area contributed by atoms with Gasteiger partial charge in [0.05, 0.1) is 25.9 Å². The molecule has 3 aromatic rings. The van der Waals surface area contributed by atoms with E-state index < -0.39 is 6.10 Å². The number of rotatable bonds is 10. The highest BCUT2D eigenvalue weighted by atomic mass is 16.5. The standard InChI is InChI=1S/C26H36N8O2.C2H6/c1-5-12-33(18-21(35)19(6-2)17-27-4)26-30-24(32-13-15-36-16-14-32)22-25(31-26)34(7-3)23(29-22)20-8-10-28-11-9-20;1-2/h6,8-11,17,21,35H,5,7,12-16,18H2,1-4H3;1-2H3/b19-6+,27-17?;. The highest BCUT2D eigenvalue weighted by molar-refractivity contribution is 5.88. The van der Waals surface area contributed by atoms with Gasteiger partial charge in [0.15, 0.2) is 17.0 Å². The number of anilines is 2. The molecule has 4 rings (SSSR count). The fourth-order valence-electron chi connectivity index (χ4n) is 4.49. The summed E-state index contributed by atoms with van der Waals surface area (Å²) in [6, 6.07) is 3.92. The largest absolute Gasteiger partial charge is 0.387 e. The first-order valence-electron chi connectivity index (χ1n) is 13.6. The second-order valence-electron chi connectivity index (χ2n) is 8.67. The monoisotopic (exact) mass is 522 g/mol. The molecule has 0 saturated carbocycles. The van der Waals surface area contributed by atoms with Crippen molar-refractivity contribution in [3.63, 3.8) is 0 Å². The molecule has 10 nitrogen and oxygen atoms in total. The molecule has 1 fully saturated rings. The number of aliphatic hydroxyl groups is 1. The average molecular weight is 523 g/mol. The number of imidazole rings is 1. The molecule has 0 radical (unpaired) electrons. The van der Waals surface area contributed by atoms with E-state index in [1.165, 1.54) is 0 Å². The average Bonchev–Trinajstić information content (AvgIpc) is 3.35. The highest BCUT2D eigenvalue weighted by Gasteiger charge is 2.25. The quantitative estimate of drug-likeness (QED) is 0.399. The molecular formula is C28H42N8O2. The van der Waals surface area contributed by atoms with Gasteiger partial charge < -0.3 is 24.2 Å². The number of ether oxygens (including phenoxy) is 1. The number of aliphatic imine (C=N–C) groups is 1. The zero-order valence-electron chi connectivity index (χ0n) is 23.6. The Morgan fingerprint density at radius 3 is 2.47 bits per heavy atom. The lowest BCUT2D eigenvalue weighted by Gasteiger charge is -2.30. The van der Waals surface area contributed by atoms with Gasteiger partial charge in [-0.25, -0.2) is 4.98 Å². The molecule has 0 amide bonds. The molecule has 206 valence electrons. The van der Waals surface area contributed by atoms with Gasteiger partial charge in [-0.1, -0.05) is 26.8 Å². The first-order valence-corrected chi connectivity index (χ1v) is 13.6. The summed E-state index contributed by atoms with van der Waals surface area (Å²) in [5, 5.41) is 11.0. The van der Waals surface area contributed by atoms with Crippen molar-refractivity contribution in [2.24, 2.45) is 4.99 Å². The summed E-state index contributed by atoms with van der Waals surface area (Å²) in [5.74, 6) is 2.23. The predicted octanol–water partition coefficient (Wildman–Crippen LogP) is 4.00. The van der Waals surface area contributed by atoms with Gasteiger partial charge in [0, 0.05) is 57.4 Å². The maximum absolute atomic E-state index is 11.0. The number of aryl methyl sites for hydroxylation is 1. The van der Waals surface area contributed by atoms with Crippen LogP contribution >= 0.6 is 0 Å². The Balaban J connectivity index is 0.00000195. The first-order chi connectivity index (χ1) is 18.6. The van der Waals surface area contributed by atoms with Crippen LogP contribution in [0.5, 0.6) is 0 Å². The molecule has 38 heavy (non-hydrogen) atoms. The van der Waals surface area contributed by atoms with E-state index in [1.807, 2.05) is 39.0 Å². The van der Waals surface area contributed by atoms with Crippen LogP contribution in [0, 0.1) is 0 Å². The van der Waals surface area contributed by atoms with E-state index in [1.54, 1.807) is 25.7 Å². The minimum atomic E-state index is -0.708. The van der Waals surface area contributed by atoms with Crippen LogP contribution in [0.4, 0.5) is 11.8 Å². The lowest BCUT2D eigenvalue weighted by Crippen LogP contribution is -2.38. The number of aliphatic hydroxyl groups excluding tert-OH is 1. The predicted molar refractivity (Wildman–Crippen MR) is 155 cm³/mol. The minimum absolute atomic E-state index is 0.366. The minimum Gasteiger partial charge on any atom is -0.387 e. The molecule has 1 unspecified atom stereocenters. The van der Waals surface area contributed by atoms with Crippen molar-refractivity contribution in [3.8, 4) is 11.4 Å². The summed E-state index contributed by atoms with van der Waals surface area (Å²) in [7, 11) is 1.71. The SMILES string of the molecule is C/C=C(\C=NC)C(O)CN(CCC)c1nc(N2CCOCC2)c2nc(-c3ccncc3)n(CC)c2n1.CC. The van der Waals surface area contributed by atoms with Crippen LogP contribution in [0.15, 0.2) is 41.2 Å². The van der Waals surface area contributed by atoms with Crippen molar-refractivity contribution in [2.45, 2.75) is 53.7 Å². The zero-order chi connectivity index (χ0) is 27.5. The van der Waals surface area contributed by atoms with E-state index in [2.05, 4.69) is 38.2 Å². The Morgan fingerprint density at radius 2 is 1.87 bits per heavy atom. The van der Waals surface area contributed by atoms with Crippen LogP contribution in [0.2, 0.25) is 0 Å². The van der Waals surface area contributed by atoms with Crippen LogP contribution < -0.4 is 9.80 Å². The molecule has 1 N–H and O–H groups in total. The van der Waals surface area contributed by atoms with Crippen LogP contribution in [-0.2, 0) is 11.3 Å². The van der Waals surface area contributed by atoms with Crippen molar-refractivity contribution in [1.29, 1.82) is 0 Å². The van der Waals surface area contributed by atoms with E-state index in [0.29, 0.717) is 38.8 Å². The molecule has 0 spiro atoms. The third kappa shape index (κ3) is 6.54. The fraction of sp³-hybridized carbons (Fsp3) is 0.536. The van der Waals surface area contributed by atoms with E-state index in [0.717, 1.165) is 53.5 Å². The van der Waals surface area contributed by atoms with Crippen molar-refractivity contribution in [3.05, 3.63) is 36.2 Å². The van der Waals surface area contributed by atoms with Gasteiger partial charge in [-0.05, 0) is 38.0 Å². The summed E-state index contributed by atoms with van der Waals surface area (Å²) in [5.41, 5.74) is 3.31. The van der Waals surface area contributed by atoms with E-state index in [-0.39, 0.29) is 0 Å². The summed E-state index contributed by atoms with van der Waals surface area (Å²) in [4.78, 5) is 27.6. The number of fused-ring (bicyclic) bond motifs is 1. The number of nitrogens with zero attached hydrogens (tertiary/aromatic N) is 8. The molecule has 3 aromatic heterocycles. The van der Waals surface area contributed by atoms with E-state index in [4.69, 9.17) is 19.7 Å². The van der Waals surface area contributed by atoms with Crippen molar-refractivity contribution in [2.75, 3.05) is 56.2 Å². The molecule has 0 aromatic carbocycles. The Morgan fingerprint density at radius 1 is 1.16 bits per heavy atom. The maximum Gasteiger partial charge on any atom is 0.229 e. The second kappa shape index (κ2) is 14.5. The van der Waals surface area contributed by atoms with Gasteiger partial charge in [0.1, 0.15) is 5.82 Å². The van der Waals surface area contributed by atoms with Crippen LogP contribution in [0.25, 0.3) is 22.6 Å². The van der Waals surface area contributed by atoms with E-state index >= 15 is 0 Å². The van der Waals surface area contributed by atoms with E-state index in [9.17, 15) is 5.11 Å². The number of hydrogen-bond donors (Lipinski definition) is 1. The summed E-state index contributed by atoms with van der Waals surface area (Å²) < 4.78 is 7.73. The number of allylic oxidation sites excluding steroid dienone is 1. The van der Waals surface area contributed by atoms with Crippen LogP contribution in [-0.4, -0.2) is 88.4 Å². The Kier molecular flexibility index (Phi) is 11.2. The molecule has 1 aliphatic heterocycles. The van der Waals surface area contributed by atoms with Crippen LogP contribution in [0.1, 0.15) is 41.0 Å². The van der Waals surface area contributed by atoms with Crippen molar-refractivity contribution in [1.82, 2.24) is 24.5 Å². The van der Waals surface area contributed by atoms with Gasteiger partial charge in [0.2, 0.25) is 5.95 Å². The Bertz CT molecular complexity index is 1200. The number of hydrogen-bond acceptors (Lipinski definition) is 9. The maximum atomic E-state index is 11.0. The van der Waals surface area contributed by atoms with Crippen molar-refractivity contribution >= 4 is 29.1 Å². The van der Waals surface area contributed by atoms with Gasteiger partial charge >= 0.3 is 0 Å². The zero-order valence-corrected chi connectivity index (χ0v) is 23.6. The molecular weight excluding hydrogens is 480 g/mol. The molecule has 0 bridgehead atoms. The summed E-state index contributed by atoms with van der Waals surface area (Å²) in [6.45, 7) is 14.7. The normalized spacial score (nSPS) is 15.0. The number of aromatic nitrogens is 5.